The SMILES string of the molecule is CCCCCCCCCCCNC(=O)OCCCCCCCCCCC. The first-order valence-corrected chi connectivity index (χ1v) is 11.7. The zero-order chi connectivity index (χ0) is 19.1. The molecule has 26 heavy (non-hydrogen) atoms. The fourth-order valence-corrected chi connectivity index (χ4v) is 3.25. The molecule has 0 fully saturated rings. The van der Waals surface area contributed by atoms with Crippen LogP contribution < -0.4 is 5.32 Å². The highest BCUT2D eigenvalue weighted by molar-refractivity contribution is 5.66. The van der Waals surface area contributed by atoms with Gasteiger partial charge in [0, 0.05) is 6.54 Å². The third kappa shape index (κ3) is 21.3. The topological polar surface area (TPSA) is 38.3 Å². The maximum Gasteiger partial charge on any atom is 0.407 e. The highest BCUT2D eigenvalue weighted by atomic mass is 16.5. The molecule has 0 aromatic heterocycles. The van der Waals surface area contributed by atoms with E-state index in [1.54, 1.807) is 0 Å². The van der Waals surface area contributed by atoms with Crippen molar-refractivity contribution in [2.75, 3.05) is 13.2 Å². The standard InChI is InChI=1S/C23H47NO2/c1-3-5-7-9-11-13-15-17-19-21-24-23(25)26-22-20-18-16-14-12-10-8-6-4-2/h3-22H2,1-2H3,(H,24,25). The van der Waals surface area contributed by atoms with E-state index in [0.29, 0.717) is 6.61 Å². The summed E-state index contributed by atoms with van der Waals surface area (Å²) in [7, 11) is 0. The number of carbonyl (C=O) groups excluding carboxylic acids is 1. The van der Waals surface area contributed by atoms with E-state index in [2.05, 4.69) is 19.2 Å². The van der Waals surface area contributed by atoms with Crippen LogP contribution in [0.2, 0.25) is 0 Å². The zero-order valence-electron chi connectivity index (χ0n) is 18.0. The monoisotopic (exact) mass is 369 g/mol. The van der Waals surface area contributed by atoms with Gasteiger partial charge in [-0.1, -0.05) is 117 Å². The molecule has 0 aromatic rings. The Labute approximate surface area is 164 Å². The summed E-state index contributed by atoms with van der Waals surface area (Å²) in [5.41, 5.74) is 0. The molecule has 0 aliphatic heterocycles. The molecule has 0 aliphatic carbocycles. The molecule has 3 heteroatoms. The predicted octanol–water partition coefficient (Wildman–Crippen LogP) is 7.77. The van der Waals surface area contributed by atoms with Crippen LogP contribution in [-0.2, 0) is 4.74 Å². The van der Waals surface area contributed by atoms with Gasteiger partial charge in [0.15, 0.2) is 0 Å². The molecule has 0 saturated carbocycles. The fraction of sp³-hybridized carbons (Fsp3) is 0.957. The molecule has 0 atom stereocenters. The van der Waals surface area contributed by atoms with Gasteiger partial charge in [-0.2, -0.15) is 0 Å². The lowest BCUT2D eigenvalue weighted by Gasteiger charge is -2.07. The molecule has 0 bridgehead atoms. The molecule has 0 spiro atoms. The van der Waals surface area contributed by atoms with E-state index in [4.69, 9.17) is 4.74 Å². The molecule has 0 aromatic carbocycles. The van der Waals surface area contributed by atoms with Crippen LogP contribution in [0, 0.1) is 0 Å². The number of nitrogens with one attached hydrogen (secondary N) is 1. The lowest BCUT2D eigenvalue weighted by atomic mass is 10.1. The number of hydrogen-bond acceptors (Lipinski definition) is 2. The number of amides is 1. The van der Waals surface area contributed by atoms with Gasteiger partial charge in [-0.05, 0) is 12.8 Å². The molecule has 1 N–H and O–H groups in total. The number of carbonyl (C=O) groups is 1. The van der Waals surface area contributed by atoms with Crippen LogP contribution in [0.15, 0.2) is 0 Å². The van der Waals surface area contributed by atoms with Gasteiger partial charge in [-0.15, -0.1) is 0 Å². The van der Waals surface area contributed by atoms with Crippen molar-refractivity contribution in [1.29, 1.82) is 0 Å². The third-order valence-corrected chi connectivity index (χ3v) is 5.03. The van der Waals surface area contributed by atoms with Crippen LogP contribution in [-0.4, -0.2) is 19.2 Å². The van der Waals surface area contributed by atoms with Gasteiger partial charge >= 0.3 is 6.09 Å². The summed E-state index contributed by atoms with van der Waals surface area (Å²) in [6.07, 6.45) is 23.1. The molecule has 0 heterocycles. The Bertz CT molecular complexity index is 255. The minimum absolute atomic E-state index is 0.232. The second-order valence-electron chi connectivity index (χ2n) is 7.72. The van der Waals surface area contributed by atoms with Gasteiger partial charge in [0.1, 0.15) is 0 Å². The van der Waals surface area contributed by atoms with Gasteiger partial charge in [-0.25, -0.2) is 4.79 Å². The molecule has 0 radical (unpaired) electrons. The molecule has 156 valence electrons. The predicted molar refractivity (Wildman–Crippen MR) is 114 cm³/mol. The number of unbranched alkanes of at least 4 members (excludes halogenated alkanes) is 16. The third-order valence-electron chi connectivity index (χ3n) is 5.03. The number of hydrogen-bond donors (Lipinski definition) is 1. The molecule has 0 saturated heterocycles. The molecule has 0 unspecified atom stereocenters. The highest BCUT2D eigenvalue weighted by Crippen LogP contribution is 2.10. The number of alkyl carbamates (subject to hydrolysis) is 1. The van der Waals surface area contributed by atoms with E-state index in [1.807, 2.05) is 0 Å². The summed E-state index contributed by atoms with van der Waals surface area (Å²) < 4.78 is 5.23. The normalized spacial score (nSPS) is 10.8. The average Bonchev–Trinajstić information content (AvgIpc) is 2.64. The van der Waals surface area contributed by atoms with Crippen molar-refractivity contribution in [3.05, 3.63) is 0 Å². The van der Waals surface area contributed by atoms with Crippen LogP contribution in [0.25, 0.3) is 0 Å². The number of ether oxygens (including phenoxy) is 1. The van der Waals surface area contributed by atoms with Gasteiger partial charge in [0.05, 0.1) is 6.61 Å². The van der Waals surface area contributed by atoms with E-state index in [9.17, 15) is 4.79 Å². The van der Waals surface area contributed by atoms with Crippen LogP contribution in [0.1, 0.15) is 129 Å². The molecular weight excluding hydrogens is 322 g/mol. The first-order chi connectivity index (χ1) is 12.8. The fourth-order valence-electron chi connectivity index (χ4n) is 3.25. The maximum atomic E-state index is 11.6. The Kier molecular flexibility index (Phi) is 21.7. The first kappa shape index (κ1) is 25.3. The van der Waals surface area contributed by atoms with E-state index in [0.717, 1.165) is 19.4 Å². The summed E-state index contributed by atoms with van der Waals surface area (Å²) in [6.45, 7) is 5.84. The largest absolute Gasteiger partial charge is 0.450 e. The van der Waals surface area contributed by atoms with E-state index in [1.165, 1.54) is 103 Å². The summed E-state index contributed by atoms with van der Waals surface area (Å²) in [6, 6.07) is 0. The molecular formula is C23H47NO2. The van der Waals surface area contributed by atoms with Gasteiger partial charge in [0.25, 0.3) is 0 Å². The smallest absolute Gasteiger partial charge is 0.407 e. The quantitative estimate of drug-likeness (QED) is 0.222. The summed E-state index contributed by atoms with van der Waals surface area (Å²) >= 11 is 0. The minimum Gasteiger partial charge on any atom is -0.450 e. The van der Waals surface area contributed by atoms with Crippen molar-refractivity contribution in [1.82, 2.24) is 5.32 Å². The Morgan fingerprint density at radius 1 is 0.577 bits per heavy atom. The van der Waals surface area contributed by atoms with Crippen LogP contribution in [0.5, 0.6) is 0 Å². The molecule has 3 nitrogen and oxygen atoms in total. The zero-order valence-corrected chi connectivity index (χ0v) is 18.0. The van der Waals surface area contributed by atoms with Crippen LogP contribution in [0.4, 0.5) is 4.79 Å². The first-order valence-electron chi connectivity index (χ1n) is 11.7. The molecule has 0 aliphatic rings. The van der Waals surface area contributed by atoms with Crippen molar-refractivity contribution >= 4 is 6.09 Å². The van der Waals surface area contributed by atoms with Crippen molar-refractivity contribution in [3.8, 4) is 0 Å². The summed E-state index contributed by atoms with van der Waals surface area (Å²) in [4.78, 5) is 11.6. The minimum atomic E-state index is -0.232. The van der Waals surface area contributed by atoms with Crippen molar-refractivity contribution in [2.24, 2.45) is 0 Å². The van der Waals surface area contributed by atoms with E-state index < -0.39 is 0 Å². The average molecular weight is 370 g/mol. The number of rotatable bonds is 20. The lowest BCUT2D eigenvalue weighted by molar-refractivity contribution is 0.143. The van der Waals surface area contributed by atoms with Crippen LogP contribution in [0.3, 0.4) is 0 Å². The maximum absolute atomic E-state index is 11.6. The summed E-state index contributed by atoms with van der Waals surface area (Å²) in [5, 5.41) is 2.87. The van der Waals surface area contributed by atoms with E-state index >= 15 is 0 Å². The van der Waals surface area contributed by atoms with Crippen molar-refractivity contribution < 1.29 is 9.53 Å². The Morgan fingerprint density at radius 3 is 1.42 bits per heavy atom. The lowest BCUT2D eigenvalue weighted by Crippen LogP contribution is -2.25. The van der Waals surface area contributed by atoms with Gasteiger partial charge < -0.3 is 10.1 Å². The van der Waals surface area contributed by atoms with Gasteiger partial charge in [0.2, 0.25) is 0 Å². The Morgan fingerprint density at radius 2 is 0.962 bits per heavy atom. The van der Waals surface area contributed by atoms with Gasteiger partial charge in [-0.3, -0.25) is 0 Å². The van der Waals surface area contributed by atoms with Crippen molar-refractivity contribution in [3.63, 3.8) is 0 Å². The molecule has 0 rings (SSSR count). The van der Waals surface area contributed by atoms with Crippen LogP contribution >= 0.6 is 0 Å². The Balaban J connectivity index is 3.13. The highest BCUT2D eigenvalue weighted by Gasteiger charge is 2.00. The second-order valence-corrected chi connectivity index (χ2v) is 7.72. The van der Waals surface area contributed by atoms with E-state index in [-0.39, 0.29) is 6.09 Å². The Hall–Kier alpha value is -0.730. The summed E-state index contributed by atoms with van der Waals surface area (Å²) in [5.74, 6) is 0. The second kappa shape index (κ2) is 22.3. The molecule has 1 amide bonds. The van der Waals surface area contributed by atoms with Crippen molar-refractivity contribution in [2.45, 2.75) is 129 Å².